The van der Waals surface area contributed by atoms with Crippen molar-refractivity contribution in [2.75, 3.05) is 26.8 Å². The standard InChI is InChI=1S/C15H18N2O2S/c1-19-9-11-4-6-17(7-5-11)15(18)12-2-3-13-14(8-12)20-10-16-13/h2-3,8,10-11H,4-7,9H2,1H3. The Balaban J connectivity index is 1.69. The molecule has 1 aromatic carbocycles. The molecule has 1 aliphatic heterocycles. The van der Waals surface area contributed by atoms with Gasteiger partial charge in [0.2, 0.25) is 0 Å². The Kier molecular flexibility index (Phi) is 3.98. The summed E-state index contributed by atoms with van der Waals surface area (Å²) in [7, 11) is 1.74. The maximum Gasteiger partial charge on any atom is 0.253 e. The van der Waals surface area contributed by atoms with E-state index in [4.69, 9.17) is 4.74 Å². The molecule has 1 saturated heterocycles. The molecule has 0 aliphatic carbocycles. The fourth-order valence-corrected chi connectivity index (χ4v) is 3.43. The molecule has 4 nitrogen and oxygen atoms in total. The molecule has 0 spiro atoms. The molecule has 0 atom stereocenters. The van der Waals surface area contributed by atoms with Crippen molar-refractivity contribution < 1.29 is 9.53 Å². The lowest BCUT2D eigenvalue weighted by atomic mass is 9.97. The van der Waals surface area contributed by atoms with Gasteiger partial charge in [-0.2, -0.15) is 0 Å². The van der Waals surface area contributed by atoms with E-state index < -0.39 is 0 Å². The average Bonchev–Trinajstić information content (AvgIpc) is 2.95. The summed E-state index contributed by atoms with van der Waals surface area (Å²) in [5.74, 6) is 0.726. The molecule has 1 fully saturated rings. The summed E-state index contributed by atoms with van der Waals surface area (Å²) < 4.78 is 6.27. The minimum absolute atomic E-state index is 0.135. The second-order valence-electron chi connectivity index (χ2n) is 5.23. The Bertz CT molecular complexity index is 603. The van der Waals surface area contributed by atoms with Gasteiger partial charge in [0.15, 0.2) is 0 Å². The molecular formula is C15H18N2O2S. The third kappa shape index (κ3) is 2.69. The number of fused-ring (bicyclic) bond motifs is 1. The van der Waals surface area contributed by atoms with Crippen molar-refractivity contribution in [1.82, 2.24) is 9.88 Å². The van der Waals surface area contributed by atoms with Crippen LogP contribution in [-0.2, 0) is 4.74 Å². The van der Waals surface area contributed by atoms with Gasteiger partial charge >= 0.3 is 0 Å². The van der Waals surface area contributed by atoms with Gasteiger partial charge in [-0.3, -0.25) is 4.79 Å². The van der Waals surface area contributed by atoms with Crippen LogP contribution in [0, 0.1) is 5.92 Å². The number of carbonyl (C=O) groups excluding carboxylic acids is 1. The molecule has 106 valence electrons. The van der Waals surface area contributed by atoms with Crippen LogP contribution in [0.1, 0.15) is 23.2 Å². The highest BCUT2D eigenvalue weighted by molar-refractivity contribution is 7.16. The number of amides is 1. The molecule has 2 heterocycles. The predicted molar refractivity (Wildman–Crippen MR) is 80.1 cm³/mol. The fraction of sp³-hybridized carbons (Fsp3) is 0.467. The second-order valence-corrected chi connectivity index (χ2v) is 6.11. The minimum Gasteiger partial charge on any atom is -0.384 e. The van der Waals surface area contributed by atoms with E-state index in [1.165, 1.54) is 0 Å². The topological polar surface area (TPSA) is 42.4 Å². The third-order valence-corrected chi connectivity index (χ3v) is 4.67. The maximum atomic E-state index is 12.5. The van der Waals surface area contributed by atoms with Crippen molar-refractivity contribution >= 4 is 27.5 Å². The normalized spacial score (nSPS) is 16.8. The van der Waals surface area contributed by atoms with Crippen molar-refractivity contribution in [2.45, 2.75) is 12.8 Å². The second kappa shape index (κ2) is 5.89. The monoisotopic (exact) mass is 290 g/mol. The van der Waals surface area contributed by atoms with Gasteiger partial charge < -0.3 is 9.64 Å². The first-order valence-corrected chi connectivity index (χ1v) is 7.77. The smallest absolute Gasteiger partial charge is 0.253 e. The van der Waals surface area contributed by atoms with Crippen molar-refractivity contribution in [2.24, 2.45) is 5.92 Å². The number of ether oxygens (including phenoxy) is 1. The number of rotatable bonds is 3. The highest BCUT2D eigenvalue weighted by atomic mass is 32.1. The summed E-state index contributed by atoms with van der Waals surface area (Å²) in [6.07, 6.45) is 2.06. The maximum absolute atomic E-state index is 12.5. The molecule has 1 aromatic heterocycles. The predicted octanol–water partition coefficient (Wildman–Crippen LogP) is 2.79. The lowest BCUT2D eigenvalue weighted by Crippen LogP contribution is -2.39. The number of piperidine rings is 1. The largest absolute Gasteiger partial charge is 0.384 e. The van der Waals surface area contributed by atoms with Crippen LogP contribution in [-0.4, -0.2) is 42.6 Å². The van der Waals surface area contributed by atoms with E-state index in [-0.39, 0.29) is 5.91 Å². The number of nitrogens with zero attached hydrogens (tertiary/aromatic N) is 2. The Hall–Kier alpha value is -1.46. The number of likely N-dealkylation sites (tertiary alicyclic amines) is 1. The Morgan fingerprint density at radius 3 is 3.00 bits per heavy atom. The van der Waals surface area contributed by atoms with Gasteiger partial charge in [-0.15, -0.1) is 11.3 Å². The van der Waals surface area contributed by atoms with E-state index in [0.29, 0.717) is 5.92 Å². The quantitative estimate of drug-likeness (QED) is 0.873. The molecule has 5 heteroatoms. The van der Waals surface area contributed by atoms with Crippen molar-refractivity contribution in [3.8, 4) is 0 Å². The lowest BCUT2D eigenvalue weighted by molar-refractivity contribution is 0.0614. The van der Waals surface area contributed by atoms with Crippen molar-refractivity contribution in [3.05, 3.63) is 29.3 Å². The Morgan fingerprint density at radius 2 is 2.25 bits per heavy atom. The number of carbonyl (C=O) groups is 1. The zero-order valence-corrected chi connectivity index (χ0v) is 12.4. The number of hydrogen-bond acceptors (Lipinski definition) is 4. The molecule has 1 amide bonds. The fourth-order valence-electron chi connectivity index (χ4n) is 2.71. The molecular weight excluding hydrogens is 272 g/mol. The lowest BCUT2D eigenvalue weighted by Gasteiger charge is -2.31. The van der Waals surface area contributed by atoms with Gasteiger partial charge in [-0.1, -0.05) is 0 Å². The first-order valence-electron chi connectivity index (χ1n) is 6.89. The van der Waals surface area contributed by atoms with Crippen LogP contribution < -0.4 is 0 Å². The van der Waals surface area contributed by atoms with Gasteiger partial charge in [-0.25, -0.2) is 4.98 Å². The van der Waals surface area contributed by atoms with E-state index in [9.17, 15) is 4.79 Å². The number of methoxy groups -OCH3 is 1. The van der Waals surface area contributed by atoms with E-state index in [1.54, 1.807) is 18.4 Å². The molecule has 20 heavy (non-hydrogen) atoms. The first kappa shape index (κ1) is 13.5. The molecule has 0 bridgehead atoms. The molecule has 0 radical (unpaired) electrons. The Morgan fingerprint density at radius 1 is 1.45 bits per heavy atom. The van der Waals surface area contributed by atoms with E-state index >= 15 is 0 Å². The van der Waals surface area contributed by atoms with Crippen LogP contribution in [0.5, 0.6) is 0 Å². The van der Waals surface area contributed by atoms with Crippen molar-refractivity contribution in [1.29, 1.82) is 0 Å². The third-order valence-electron chi connectivity index (χ3n) is 3.88. The van der Waals surface area contributed by atoms with Gasteiger partial charge in [0, 0.05) is 32.4 Å². The van der Waals surface area contributed by atoms with Gasteiger partial charge in [-0.05, 0) is 37.0 Å². The molecule has 2 aromatic rings. The molecule has 1 aliphatic rings. The van der Waals surface area contributed by atoms with Crippen LogP contribution in [0.4, 0.5) is 0 Å². The van der Waals surface area contributed by atoms with Gasteiger partial charge in [0.25, 0.3) is 5.91 Å². The van der Waals surface area contributed by atoms with E-state index in [2.05, 4.69) is 4.98 Å². The molecule has 0 unspecified atom stereocenters. The van der Waals surface area contributed by atoms with Gasteiger partial charge in [0.05, 0.1) is 15.7 Å². The molecule has 0 N–H and O–H groups in total. The molecule has 0 saturated carbocycles. The number of aromatic nitrogens is 1. The van der Waals surface area contributed by atoms with Crippen molar-refractivity contribution in [3.63, 3.8) is 0 Å². The average molecular weight is 290 g/mol. The summed E-state index contributed by atoms with van der Waals surface area (Å²) in [6, 6.07) is 5.76. The summed E-state index contributed by atoms with van der Waals surface area (Å²) >= 11 is 1.57. The first-order chi connectivity index (χ1) is 9.78. The van der Waals surface area contributed by atoms with E-state index in [0.717, 1.165) is 48.3 Å². The summed E-state index contributed by atoms with van der Waals surface area (Å²) in [6.45, 7) is 2.45. The minimum atomic E-state index is 0.135. The zero-order valence-electron chi connectivity index (χ0n) is 11.5. The van der Waals surface area contributed by atoms with Crippen LogP contribution in [0.3, 0.4) is 0 Å². The van der Waals surface area contributed by atoms with Crippen LogP contribution >= 0.6 is 11.3 Å². The van der Waals surface area contributed by atoms with E-state index in [1.807, 2.05) is 28.6 Å². The Labute approximate surface area is 122 Å². The highest BCUT2D eigenvalue weighted by Crippen LogP contribution is 2.22. The SMILES string of the molecule is COCC1CCN(C(=O)c2ccc3ncsc3c2)CC1. The number of benzene rings is 1. The highest BCUT2D eigenvalue weighted by Gasteiger charge is 2.23. The number of hydrogen-bond donors (Lipinski definition) is 0. The summed E-state index contributed by atoms with van der Waals surface area (Å²) in [4.78, 5) is 18.7. The number of thiazole rings is 1. The molecule has 3 rings (SSSR count). The van der Waals surface area contributed by atoms with Crippen LogP contribution in [0.15, 0.2) is 23.7 Å². The summed E-state index contributed by atoms with van der Waals surface area (Å²) in [5, 5.41) is 0. The van der Waals surface area contributed by atoms with Gasteiger partial charge in [0.1, 0.15) is 0 Å². The van der Waals surface area contributed by atoms with Crippen LogP contribution in [0.2, 0.25) is 0 Å². The summed E-state index contributed by atoms with van der Waals surface area (Å²) in [5.41, 5.74) is 3.55. The zero-order chi connectivity index (χ0) is 13.9. The van der Waals surface area contributed by atoms with Crippen LogP contribution in [0.25, 0.3) is 10.2 Å².